The van der Waals surface area contributed by atoms with E-state index in [1.165, 1.54) is 0 Å². The first-order valence-electron chi connectivity index (χ1n) is 3.78. The van der Waals surface area contributed by atoms with Gasteiger partial charge in [0.25, 0.3) is 0 Å². The predicted octanol–water partition coefficient (Wildman–Crippen LogP) is 2.43. The third-order valence-corrected chi connectivity index (χ3v) is 1.05. The molecule has 0 spiro atoms. The fraction of sp³-hybridized carbons (Fsp3) is 0.556. The van der Waals surface area contributed by atoms with Crippen LogP contribution in [0, 0.1) is 0 Å². The molecular formula is C9H16O2. The zero-order chi connectivity index (χ0) is 8.69. The second-order valence-corrected chi connectivity index (χ2v) is 2.51. The van der Waals surface area contributed by atoms with Crippen LogP contribution in [0.5, 0.6) is 0 Å². The average molecular weight is 156 g/mol. The summed E-state index contributed by atoms with van der Waals surface area (Å²) in [5, 5.41) is 9.15. The van der Waals surface area contributed by atoms with Crippen LogP contribution in [0.25, 0.3) is 0 Å². The SMILES string of the molecule is CCOCC=C(O)C=C(C)C. The van der Waals surface area contributed by atoms with Gasteiger partial charge in [0.2, 0.25) is 0 Å². The maximum absolute atomic E-state index is 9.15. The lowest BCUT2D eigenvalue weighted by Crippen LogP contribution is -1.90. The summed E-state index contributed by atoms with van der Waals surface area (Å²) in [7, 11) is 0. The highest BCUT2D eigenvalue weighted by atomic mass is 16.5. The van der Waals surface area contributed by atoms with E-state index in [4.69, 9.17) is 9.84 Å². The van der Waals surface area contributed by atoms with Gasteiger partial charge in [-0.2, -0.15) is 0 Å². The van der Waals surface area contributed by atoms with Gasteiger partial charge in [0.05, 0.1) is 6.61 Å². The van der Waals surface area contributed by atoms with E-state index in [2.05, 4.69) is 0 Å². The number of aliphatic hydroxyl groups is 1. The first-order valence-corrected chi connectivity index (χ1v) is 3.78. The Kier molecular flexibility index (Phi) is 5.57. The molecule has 0 aliphatic carbocycles. The van der Waals surface area contributed by atoms with Crippen LogP contribution in [0.15, 0.2) is 23.5 Å². The maximum Gasteiger partial charge on any atom is 0.113 e. The van der Waals surface area contributed by atoms with E-state index in [1.54, 1.807) is 12.2 Å². The molecule has 2 nitrogen and oxygen atoms in total. The van der Waals surface area contributed by atoms with E-state index in [-0.39, 0.29) is 5.76 Å². The minimum atomic E-state index is 0.276. The summed E-state index contributed by atoms with van der Waals surface area (Å²) < 4.78 is 5.02. The van der Waals surface area contributed by atoms with Gasteiger partial charge in [0.1, 0.15) is 5.76 Å². The van der Waals surface area contributed by atoms with E-state index < -0.39 is 0 Å². The molecule has 11 heavy (non-hydrogen) atoms. The molecule has 64 valence electrons. The third kappa shape index (κ3) is 7.13. The Morgan fingerprint density at radius 3 is 2.55 bits per heavy atom. The van der Waals surface area contributed by atoms with Gasteiger partial charge in [-0.25, -0.2) is 0 Å². The quantitative estimate of drug-likeness (QED) is 0.385. The van der Waals surface area contributed by atoms with Crippen molar-refractivity contribution in [2.75, 3.05) is 13.2 Å². The lowest BCUT2D eigenvalue weighted by Gasteiger charge is -1.95. The highest BCUT2D eigenvalue weighted by molar-refractivity contribution is 5.14. The van der Waals surface area contributed by atoms with Crippen LogP contribution in [-0.2, 0) is 4.74 Å². The summed E-state index contributed by atoms with van der Waals surface area (Å²) in [4.78, 5) is 0. The Bertz CT molecular complexity index is 153. The molecule has 0 bridgehead atoms. The summed E-state index contributed by atoms with van der Waals surface area (Å²) in [6.07, 6.45) is 3.36. The van der Waals surface area contributed by atoms with Crippen LogP contribution < -0.4 is 0 Å². The zero-order valence-electron chi connectivity index (χ0n) is 7.42. The maximum atomic E-state index is 9.15. The van der Waals surface area contributed by atoms with Gasteiger partial charge in [0.15, 0.2) is 0 Å². The molecule has 0 fully saturated rings. The molecule has 0 unspecified atom stereocenters. The van der Waals surface area contributed by atoms with E-state index >= 15 is 0 Å². The van der Waals surface area contributed by atoms with Gasteiger partial charge in [-0.15, -0.1) is 0 Å². The highest BCUT2D eigenvalue weighted by Gasteiger charge is 1.85. The van der Waals surface area contributed by atoms with Gasteiger partial charge in [-0.3, -0.25) is 0 Å². The molecular weight excluding hydrogens is 140 g/mol. The molecule has 0 amide bonds. The Labute approximate surface area is 68.2 Å². The van der Waals surface area contributed by atoms with Crippen LogP contribution in [0.3, 0.4) is 0 Å². The number of rotatable bonds is 4. The first-order chi connectivity index (χ1) is 5.16. The van der Waals surface area contributed by atoms with Crippen molar-refractivity contribution >= 4 is 0 Å². The molecule has 1 N–H and O–H groups in total. The summed E-state index contributed by atoms with van der Waals surface area (Å²) in [6, 6.07) is 0. The Hall–Kier alpha value is -0.760. The van der Waals surface area contributed by atoms with Crippen LogP contribution in [0.1, 0.15) is 20.8 Å². The monoisotopic (exact) mass is 156 g/mol. The molecule has 0 aliphatic rings. The number of hydrogen-bond acceptors (Lipinski definition) is 2. The van der Waals surface area contributed by atoms with E-state index in [9.17, 15) is 0 Å². The van der Waals surface area contributed by atoms with Crippen molar-refractivity contribution in [1.82, 2.24) is 0 Å². The van der Waals surface area contributed by atoms with Gasteiger partial charge >= 0.3 is 0 Å². The van der Waals surface area contributed by atoms with Gasteiger partial charge < -0.3 is 9.84 Å². The summed E-state index contributed by atoms with van der Waals surface area (Å²) in [5.74, 6) is 0.276. The fourth-order valence-electron chi connectivity index (χ4n) is 0.617. The first kappa shape index (κ1) is 10.2. The summed E-state index contributed by atoms with van der Waals surface area (Å²) in [5.41, 5.74) is 1.08. The van der Waals surface area contributed by atoms with Crippen molar-refractivity contribution < 1.29 is 9.84 Å². The second kappa shape index (κ2) is 5.98. The molecule has 0 aromatic heterocycles. The Balaban J connectivity index is 3.72. The molecule has 0 saturated carbocycles. The number of aliphatic hydroxyl groups excluding tert-OH is 1. The zero-order valence-corrected chi connectivity index (χ0v) is 7.42. The topological polar surface area (TPSA) is 29.5 Å². The number of allylic oxidation sites excluding steroid dienone is 2. The predicted molar refractivity (Wildman–Crippen MR) is 46.6 cm³/mol. The van der Waals surface area contributed by atoms with Gasteiger partial charge in [-0.1, -0.05) is 5.57 Å². The molecule has 0 aromatic rings. The molecule has 0 radical (unpaired) electrons. The summed E-state index contributed by atoms with van der Waals surface area (Å²) >= 11 is 0. The Morgan fingerprint density at radius 2 is 2.09 bits per heavy atom. The second-order valence-electron chi connectivity index (χ2n) is 2.51. The van der Waals surface area contributed by atoms with E-state index in [0.717, 1.165) is 5.57 Å². The molecule has 0 aliphatic heterocycles. The molecule has 0 aromatic carbocycles. The van der Waals surface area contributed by atoms with Crippen LogP contribution in [-0.4, -0.2) is 18.3 Å². The van der Waals surface area contributed by atoms with Crippen molar-refractivity contribution in [3.8, 4) is 0 Å². The van der Waals surface area contributed by atoms with E-state index in [0.29, 0.717) is 13.2 Å². The van der Waals surface area contributed by atoms with Crippen molar-refractivity contribution in [3.05, 3.63) is 23.5 Å². The van der Waals surface area contributed by atoms with Crippen molar-refractivity contribution in [1.29, 1.82) is 0 Å². The number of ether oxygens (including phenoxy) is 1. The largest absolute Gasteiger partial charge is 0.508 e. The van der Waals surface area contributed by atoms with Crippen molar-refractivity contribution in [3.63, 3.8) is 0 Å². The lowest BCUT2D eigenvalue weighted by atomic mass is 10.3. The number of hydrogen-bond donors (Lipinski definition) is 1. The molecule has 0 atom stereocenters. The highest BCUT2D eigenvalue weighted by Crippen LogP contribution is 1.97. The normalized spacial score (nSPS) is 11.4. The van der Waals surface area contributed by atoms with Crippen molar-refractivity contribution in [2.45, 2.75) is 20.8 Å². The van der Waals surface area contributed by atoms with Crippen molar-refractivity contribution in [2.24, 2.45) is 0 Å². The molecule has 0 saturated heterocycles. The van der Waals surface area contributed by atoms with Crippen LogP contribution >= 0.6 is 0 Å². The molecule has 0 heterocycles. The summed E-state index contributed by atoms with van der Waals surface area (Å²) in [6.45, 7) is 6.95. The minimum absolute atomic E-state index is 0.276. The third-order valence-electron chi connectivity index (χ3n) is 1.05. The van der Waals surface area contributed by atoms with Gasteiger partial charge in [0, 0.05) is 6.61 Å². The Morgan fingerprint density at radius 1 is 1.45 bits per heavy atom. The lowest BCUT2D eigenvalue weighted by molar-refractivity contribution is 0.175. The van der Waals surface area contributed by atoms with Crippen LogP contribution in [0.2, 0.25) is 0 Å². The molecule has 2 heteroatoms. The molecule has 0 rings (SSSR count). The fourth-order valence-corrected chi connectivity index (χ4v) is 0.617. The standard InChI is InChI=1S/C9H16O2/c1-4-11-6-5-9(10)7-8(2)3/h5,7,10H,4,6H2,1-3H3. The van der Waals surface area contributed by atoms with Gasteiger partial charge in [-0.05, 0) is 32.9 Å². The van der Waals surface area contributed by atoms with E-state index in [1.807, 2.05) is 20.8 Å². The minimum Gasteiger partial charge on any atom is -0.508 e. The van der Waals surface area contributed by atoms with Crippen LogP contribution in [0.4, 0.5) is 0 Å². The smallest absolute Gasteiger partial charge is 0.113 e. The average Bonchev–Trinajstić information content (AvgIpc) is 1.86.